The number of nitrogens with zero attached hydrogens (tertiary/aromatic N) is 1. The summed E-state index contributed by atoms with van der Waals surface area (Å²) in [5.41, 5.74) is 7.72. The maximum atomic E-state index is 12.1. The van der Waals surface area contributed by atoms with Gasteiger partial charge in [0.25, 0.3) is 0 Å². The molecule has 21 heavy (non-hydrogen) atoms. The third-order valence-electron chi connectivity index (χ3n) is 2.71. The number of sulfonamides is 1. The normalized spacial score (nSPS) is 10.9. The molecular weight excluding hydrogens is 354 g/mol. The van der Waals surface area contributed by atoms with E-state index in [0.717, 1.165) is 0 Å². The second kappa shape index (κ2) is 6.16. The predicted octanol–water partition coefficient (Wildman–Crippen LogP) is 2.84. The van der Waals surface area contributed by atoms with Crippen LogP contribution >= 0.6 is 15.9 Å². The summed E-state index contributed by atoms with van der Waals surface area (Å²) >= 11 is 3.25. The first-order chi connectivity index (χ1) is 9.89. The molecule has 0 saturated heterocycles. The molecular formula is C14H12BrN3O2S. The van der Waals surface area contributed by atoms with Crippen molar-refractivity contribution in [3.63, 3.8) is 0 Å². The first-order valence-electron chi connectivity index (χ1n) is 5.94. The minimum atomic E-state index is -3.53. The van der Waals surface area contributed by atoms with Crippen LogP contribution in [0.4, 0.5) is 11.4 Å². The van der Waals surface area contributed by atoms with Crippen molar-refractivity contribution in [3.05, 3.63) is 58.1 Å². The second-order valence-corrected chi connectivity index (χ2v) is 6.98. The van der Waals surface area contributed by atoms with E-state index >= 15 is 0 Å². The SMILES string of the molecule is N#Cc1ccc(CS(=O)(=O)Nc2ccc(N)c(Br)c2)cc1. The van der Waals surface area contributed by atoms with Gasteiger partial charge in [-0.1, -0.05) is 12.1 Å². The van der Waals surface area contributed by atoms with Gasteiger partial charge in [-0.05, 0) is 51.8 Å². The zero-order valence-electron chi connectivity index (χ0n) is 10.9. The zero-order valence-corrected chi connectivity index (χ0v) is 13.3. The number of benzene rings is 2. The van der Waals surface area contributed by atoms with E-state index in [4.69, 9.17) is 11.0 Å². The predicted molar refractivity (Wildman–Crippen MR) is 86.0 cm³/mol. The van der Waals surface area contributed by atoms with E-state index < -0.39 is 10.0 Å². The number of anilines is 2. The first-order valence-corrected chi connectivity index (χ1v) is 8.39. The van der Waals surface area contributed by atoms with E-state index in [1.165, 1.54) is 0 Å². The fourth-order valence-electron chi connectivity index (χ4n) is 1.70. The highest BCUT2D eigenvalue weighted by atomic mass is 79.9. The number of hydrogen-bond acceptors (Lipinski definition) is 4. The quantitative estimate of drug-likeness (QED) is 0.814. The molecule has 3 N–H and O–H groups in total. The molecule has 0 aliphatic carbocycles. The molecule has 7 heteroatoms. The van der Waals surface area contributed by atoms with Crippen LogP contribution in [-0.2, 0) is 15.8 Å². The number of hydrogen-bond donors (Lipinski definition) is 2. The summed E-state index contributed by atoms with van der Waals surface area (Å²) < 4.78 is 27.3. The topological polar surface area (TPSA) is 96.0 Å². The van der Waals surface area contributed by atoms with Crippen LogP contribution in [0.2, 0.25) is 0 Å². The van der Waals surface area contributed by atoms with E-state index in [1.807, 2.05) is 6.07 Å². The fourth-order valence-corrected chi connectivity index (χ4v) is 3.27. The van der Waals surface area contributed by atoms with Gasteiger partial charge in [-0.15, -0.1) is 0 Å². The standard InChI is InChI=1S/C14H12BrN3O2S/c15-13-7-12(5-6-14(13)17)18-21(19,20)9-11-3-1-10(8-16)2-4-11/h1-7,18H,9,17H2. The second-order valence-electron chi connectivity index (χ2n) is 4.41. The molecule has 0 unspecified atom stereocenters. The summed E-state index contributed by atoms with van der Waals surface area (Å²) in [5.74, 6) is -0.166. The van der Waals surface area contributed by atoms with E-state index in [9.17, 15) is 8.42 Å². The molecule has 0 spiro atoms. The molecule has 0 aliphatic rings. The summed E-state index contributed by atoms with van der Waals surface area (Å²) in [6, 6.07) is 13.2. The van der Waals surface area contributed by atoms with Crippen molar-refractivity contribution in [1.29, 1.82) is 5.26 Å². The van der Waals surface area contributed by atoms with Gasteiger partial charge < -0.3 is 5.73 Å². The summed E-state index contributed by atoms with van der Waals surface area (Å²) in [4.78, 5) is 0. The third-order valence-corrected chi connectivity index (χ3v) is 4.66. The fraction of sp³-hybridized carbons (Fsp3) is 0.0714. The van der Waals surface area contributed by atoms with Crippen LogP contribution in [0.1, 0.15) is 11.1 Å². The molecule has 2 aromatic rings. The first kappa shape index (κ1) is 15.4. The monoisotopic (exact) mass is 365 g/mol. The summed E-state index contributed by atoms with van der Waals surface area (Å²) in [6.07, 6.45) is 0. The lowest BCUT2D eigenvalue weighted by molar-refractivity contribution is 0.600. The summed E-state index contributed by atoms with van der Waals surface area (Å²) in [7, 11) is -3.53. The van der Waals surface area contributed by atoms with Crippen LogP contribution in [0.25, 0.3) is 0 Å². The number of halogens is 1. The van der Waals surface area contributed by atoms with Gasteiger partial charge in [0.05, 0.1) is 17.4 Å². The molecule has 108 valence electrons. The van der Waals surface area contributed by atoms with Gasteiger partial charge >= 0.3 is 0 Å². The van der Waals surface area contributed by atoms with Crippen molar-refractivity contribution in [3.8, 4) is 6.07 Å². The average molecular weight is 366 g/mol. The summed E-state index contributed by atoms with van der Waals surface area (Å²) in [6.45, 7) is 0. The Kier molecular flexibility index (Phi) is 4.50. The number of nitrogens with two attached hydrogens (primary N) is 1. The van der Waals surface area contributed by atoms with Crippen molar-refractivity contribution < 1.29 is 8.42 Å². The third kappa shape index (κ3) is 4.21. The van der Waals surface area contributed by atoms with E-state index in [-0.39, 0.29) is 5.75 Å². The van der Waals surface area contributed by atoms with Gasteiger partial charge in [0.2, 0.25) is 10.0 Å². The Morgan fingerprint density at radius 1 is 1.19 bits per heavy atom. The molecule has 0 bridgehead atoms. The Morgan fingerprint density at radius 2 is 1.86 bits per heavy atom. The Balaban J connectivity index is 2.14. The van der Waals surface area contributed by atoms with Gasteiger partial charge in [-0.25, -0.2) is 8.42 Å². The van der Waals surface area contributed by atoms with Gasteiger partial charge in [-0.2, -0.15) is 5.26 Å². The molecule has 0 aromatic heterocycles. The highest BCUT2D eigenvalue weighted by molar-refractivity contribution is 9.10. The molecule has 2 rings (SSSR count). The molecule has 0 radical (unpaired) electrons. The highest BCUT2D eigenvalue weighted by Crippen LogP contribution is 2.24. The maximum Gasteiger partial charge on any atom is 0.236 e. The molecule has 0 saturated carbocycles. The van der Waals surface area contributed by atoms with Crippen LogP contribution in [-0.4, -0.2) is 8.42 Å². The van der Waals surface area contributed by atoms with Crippen molar-refractivity contribution in [2.24, 2.45) is 0 Å². The van der Waals surface area contributed by atoms with Crippen molar-refractivity contribution in [1.82, 2.24) is 0 Å². The summed E-state index contributed by atoms with van der Waals surface area (Å²) in [5, 5.41) is 8.71. The van der Waals surface area contributed by atoms with E-state index in [1.54, 1.807) is 42.5 Å². The number of rotatable bonds is 4. The molecule has 0 fully saturated rings. The minimum Gasteiger partial charge on any atom is -0.398 e. The van der Waals surface area contributed by atoms with E-state index in [2.05, 4.69) is 20.7 Å². The van der Waals surface area contributed by atoms with Crippen molar-refractivity contribution >= 4 is 37.3 Å². The number of nitrogens with one attached hydrogen (secondary N) is 1. The largest absolute Gasteiger partial charge is 0.398 e. The van der Waals surface area contributed by atoms with Crippen LogP contribution in [0.15, 0.2) is 46.9 Å². The van der Waals surface area contributed by atoms with Crippen LogP contribution < -0.4 is 10.5 Å². The lowest BCUT2D eigenvalue weighted by atomic mass is 10.2. The Labute approximate surface area is 131 Å². The van der Waals surface area contributed by atoms with Gasteiger partial charge in [0, 0.05) is 15.8 Å². The van der Waals surface area contributed by atoms with Crippen LogP contribution in [0, 0.1) is 11.3 Å². The Hall–Kier alpha value is -2.04. The molecule has 5 nitrogen and oxygen atoms in total. The zero-order chi connectivity index (χ0) is 15.5. The molecule has 2 aromatic carbocycles. The smallest absolute Gasteiger partial charge is 0.236 e. The van der Waals surface area contributed by atoms with Gasteiger partial charge in [-0.3, -0.25) is 4.72 Å². The Morgan fingerprint density at radius 3 is 2.43 bits per heavy atom. The number of nitrogen functional groups attached to an aromatic ring is 1. The lowest BCUT2D eigenvalue weighted by Crippen LogP contribution is -2.15. The van der Waals surface area contributed by atoms with Crippen molar-refractivity contribution in [2.45, 2.75) is 5.75 Å². The van der Waals surface area contributed by atoms with Crippen LogP contribution in [0.5, 0.6) is 0 Å². The maximum absolute atomic E-state index is 12.1. The number of nitriles is 1. The molecule has 0 amide bonds. The van der Waals surface area contributed by atoms with Gasteiger partial charge in [0.15, 0.2) is 0 Å². The minimum absolute atomic E-state index is 0.166. The van der Waals surface area contributed by atoms with E-state index in [0.29, 0.717) is 27.0 Å². The van der Waals surface area contributed by atoms with Crippen molar-refractivity contribution in [2.75, 3.05) is 10.5 Å². The van der Waals surface area contributed by atoms with Gasteiger partial charge in [0.1, 0.15) is 0 Å². The molecule has 0 heterocycles. The Bertz CT molecular complexity index is 796. The average Bonchev–Trinajstić information content (AvgIpc) is 2.43. The molecule has 0 aliphatic heterocycles. The van der Waals surface area contributed by atoms with Crippen LogP contribution in [0.3, 0.4) is 0 Å². The lowest BCUT2D eigenvalue weighted by Gasteiger charge is -2.09. The molecule has 0 atom stereocenters. The highest BCUT2D eigenvalue weighted by Gasteiger charge is 2.12.